The van der Waals surface area contributed by atoms with Gasteiger partial charge in [0, 0.05) is 25.6 Å². The second kappa shape index (κ2) is 9.16. The van der Waals surface area contributed by atoms with E-state index in [1.165, 1.54) is 16.2 Å². The molecule has 1 aromatic heterocycles. The molecular formula is C15H20N2O3S. The van der Waals surface area contributed by atoms with Gasteiger partial charge in [-0.15, -0.1) is 11.3 Å². The van der Waals surface area contributed by atoms with E-state index in [2.05, 4.69) is 17.2 Å². The molecule has 0 saturated heterocycles. The molecule has 0 radical (unpaired) electrons. The number of carbonyl (C=O) groups excluding carboxylic acids is 2. The minimum atomic E-state index is -0.193. The minimum absolute atomic E-state index is 0.000945. The molecule has 0 bridgehead atoms. The molecule has 0 unspecified atom stereocenters. The molecule has 0 aliphatic heterocycles. The van der Waals surface area contributed by atoms with E-state index in [0.717, 1.165) is 6.42 Å². The van der Waals surface area contributed by atoms with Crippen molar-refractivity contribution in [3.05, 3.63) is 21.9 Å². The van der Waals surface area contributed by atoms with E-state index < -0.39 is 0 Å². The minimum Gasteiger partial charge on any atom is -0.395 e. The number of rotatable bonds is 6. The number of nitrogens with zero attached hydrogens (tertiary/aromatic N) is 1. The Hall–Kier alpha value is -1.84. The third-order valence-corrected chi connectivity index (χ3v) is 3.62. The van der Waals surface area contributed by atoms with E-state index >= 15 is 0 Å². The smallest absolute Gasteiger partial charge is 0.265 e. The molecule has 1 heterocycles. The first kappa shape index (κ1) is 17.2. The quantitative estimate of drug-likeness (QED) is 0.773. The number of nitrogens with one attached hydrogen (secondary N) is 1. The van der Waals surface area contributed by atoms with E-state index in [1.807, 2.05) is 6.92 Å². The average molecular weight is 308 g/mol. The molecule has 0 aromatic carbocycles. The first-order chi connectivity index (χ1) is 10.1. The van der Waals surface area contributed by atoms with Gasteiger partial charge in [0.15, 0.2) is 0 Å². The summed E-state index contributed by atoms with van der Waals surface area (Å²) in [6.45, 7) is 2.53. The Balaban J connectivity index is 2.91. The molecule has 0 aliphatic rings. The summed E-state index contributed by atoms with van der Waals surface area (Å²) in [5.41, 5.74) is 0.649. The largest absolute Gasteiger partial charge is 0.395 e. The summed E-state index contributed by atoms with van der Waals surface area (Å²) >= 11 is 1.32. The van der Waals surface area contributed by atoms with Gasteiger partial charge < -0.3 is 15.3 Å². The van der Waals surface area contributed by atoms with Crippen molar-refractivity contribution in [2.24, 2.45) is 0 Å². The second-order valence-corrected chi connectivity index (χ2v) is 5.25. The number of hydrogen-bond donors (Lipinski definition) is 2. The molecule has 6 heteroatoms. The van der Waals surface area contributed by atoms with Crippen LogP contribution in [0.5, 0.6) is 0 Å². The molecule has 1 rings (SSSR count). The number of hydrogen-bond acceptors (Lipinski definition) is 4. The molecular weight excluding hydrogens is 288 g/mol. The van der Waals surface area contributed by atoms with E-state index in [1.54, 1.807) is 18.5 Å². The SMILES string of the molecule is CCCN(CC(=O)NC)C(=O)c1sccc1C#CCCO. The van der Waals surface area contributed by atoms with E-state index in [-0.39, 0.29) is 25.0 Å². The lowest BCUT2D eigenvalue weighted by atomic mass is 10.2. The van der Waals surface area contributed by atoms with Gasteiger partial charge in [0.2, 0.25) is 5.91 Å². The van der Waals surface area contributed by atoms with Crippen LogP contribution in [0.4, 0.5) is 0 Å². The zero-order valence-corrected chi connectivity index (χ0v) is 13.1. The van der Waals surface area contributed by atoms with E-state index in [0.29, 0.717) is 23.4 Å². The summed E-state index contributed by atoms with van der Waals surface area (Å²) in [6.07, 6.45) is 1.15. The van der Waals surface area contributed by atoms with Crippen LogP contribution in [0.1, 0.15) is 35.0 Å². The highest BCUT2D eigenvalue weighted by molar-refractivity contribution is 7.12. The Bertz CT molecular complexity index is 543. The van der Waals surface area contributed by atoms with Crippen LogP contribution in [0.2, 0.25) is 0 Å². The zero-order valence-electron chi connectivity index (χ0n) is 12.3. The fourth-order valence-corrected chi connectivity index (χ4v) is 2.52. The van der Waals surface area contributed by atoms with Gasteiger partial charge in [-0.1, -0.05) is 18.8 Å². The van der Waals surface area contributed by atoms with Gasteiger partial charge in [-0.3, -0.25) is 9.59 Å². The molecule has 21 heavy (non-hydrogen) atoms. The number of thiophene rings is 1. The molecule has 0 atom stereocenters. The van der Waals surface area contributed by atoms with Crippen LogP contribution >= 0.6 is 11.3 Å². The first-order valence-electron chi connectivity index (χ1n) is 6.81. The van der Waals surface area contributed by atoms with E-state index in [9.17, 15) is 9.59 Å². The van der Waals surface area contributed by atoms with Crippen LogP contribution in [0.15, 0.2) is 11.4 Å². The summed E-state index contributed by atoms with van der Waals surface area (Å²) < 4.78 is 0. The second-order valence-electron chi connectivity index (χ2n) is 4.34. The Kier molecular flexibility index (Phi) is 7.51. The molecule has 2 N–H and O–H groups in total. The molecule has 2 amide bonds. The van der Waals surface area contributed by atoms with Crippen LogP contribution in [0.3, 0.4) is 0 Å². The average Bonchev–Trinajstić information content (AvgIpc) is 2.94. The highest BCUT2D eigenvalue weighted by Crippen LogP contribution is 2.18. The van der Waals surface area contributed by atoms with Gasteiger partial charge in [-0.25, -0.2) is 0 Å². The van der Waals surface area contributed by atoms with Gasteiger partial charge in [-0.2, -0.15) is 0 Å². The predicted octanol–water partition coefficient (Wildman–Crippen LogP) is 1.08. The van der Waals surface area contributed by atoms with Crippen molar-refractivity contribution in [2.45, 2.75) is 19.8 Å². The third-order valence-electron chi connectivity index (χ3n) is 2.71. The Morgan fingerprint density at radius 3 is 2.86 bits per heavy atom. The monoisotopic (exact) mass is 308 g/mol. The molecule has 114 valence electrons. The lowest BCUT2D eigenvalue weighted by Crippen LogP contribution is -2.40. The number of aliphatic hydroxyl groups is 1. The predicted molar refractivity (Wildman–Crippen MR) is 83.2 cm³/mol. The number of carbonyl (C=O) groups is 2. The highest BCUT2D eigenvalue weighted by atomic mass is 32.1. The van der Waals surface area contributed by atoms with Gasteiger partial charge in [-0.05, 0) is 17.9 Å². The van der Waals surface area contributed by atoms with Crippen molar-refractivity contribution in [3.63, 3.8) is 0 Å². The zero-order chi connectivity index (χ0) is 15.7. The fraction of sp³-hybridized carbons (Fsp3) is 0.467. The van der Waals surface area contributed by atoms with Crippen molar-refractivity contribution in [2.75, 3.05) is 26.7 Å². The van der Waals surface area contributed by atoms with Crippen molar-refractivity contribution in [1.29, 1.82) is 0 Å². The first-order valence-corrected chi connectivity index (χ1v) is 7.69. The van der Waals surface area contributed by atoms with Crippen LogP contribution in [-0.2, 0) is 4.79 Å². The summed E-state index contributed by atoms with van der Waals surface area (Å²) in [7, 11) is 1.55. The van der Waals surface area contributed by atoms with Gasteiger partial charge in [0.05, 0.1) is 13.2 Å². The molecule has 0 aliphatic carbocycles. The van der Waals surface area contributed by atoms with E-state index in [4.69, 9.17) is 5.11 Å². The van der Waals surface area contributed by atoms with Crippen LogP contribution in [0.25, 0.3) is 0 Å². The summed E-state index contributed by atoms with van der Waals surface area (Å²) in [4.78, 5) is 26.1. The lowest BCUT2D eigenvalue weighted by molar-refractivity contribution is -0.121. The standard InChI is InChI=1S/C15H20N2O3S/c1-3-8-17(11-13(19)16-2)15(20)14-12(7-10-21-14)6-4-5-9-18/h7,10,18H,3,5,8-9,11H2,1-2H3,(H,16,19). The molecule has 0 spiro atoms. The summed E-state index contributed by atoms with van der Waals surface area (Å²) in [6, 6.07) is 1.78. The highest BCUT2D eigenvalue weighted by Gasteiger charge is 2.21. The summed E-state index contributed by atoms with van der Waals surface area (Å²) in [5.74, 6) is 5.33. The van der Waals surface area contributed by atoms with Crippen molar-refractivity contribution in [1.82, 2.24) is 10.2 Å². The van der Waals surface area contributed by atoms with Gasteiger partial charge >= 0.3 is 0 Å². The molecule has 1 aromatic rings. The topological polar surface area (TPSA) is 69.6 Å². The van der Waals surface area contributed by atoms with Crippen LogP contribution in [0, 0.1) is 11.8 Å². The summed E-state index contributed by atoms with van der Waals surface area (Å²) in [5, 5.41) is 13.1. The lowest BCUT2D eigenvalue weighted by Gasteiger charge is -2.20. The Labute approximate surface area is 129 Å². The van der Waals surface area contributed by atoms with Crippen molar-refractivity contribution in [3.8, 4) is 11.8 Å². The van der Waals surface area contributed by atoms with Gasteiger partial charge in [0.1, 0.15) is 4.88 Å². The maximum Gasteiger partial charge on any atom is 0.265 e. The van der Waals surface area contributed by atoms with Crippen molar-refractivity contribution >= 4 is 23.2 Å². The number of aliphatic hydroxyl groups excluding tert-OH is 1. The Morgan fingerprint density at radius 1 is 1.48 bits per heavy atom. The normalized spacial score (nSPS) is 9.67. The fourth-order valence-electron chi connectivity index (χ4n) is 1.71. The third kappa shape index (κ3) is 5.21. The van der Waals surface area contributed by atoms with Crippen LogP contribution in [-0.4, -0.2) is 48.6 Å². The Morgan fingerprint density at radius 2 is 2.24 bits per heavy atom. The number of likely N-dealkylation sites (N-methyl/N-ethyl adjacent to an activating group) is 1. The molecule has 5 nitrogen and oxygen atoms in total. The maximum absolute atomic E-state index is 12.5. The van der Waals surface area contributed by atoms with Crippen molar-refractivity contribution < 1.29 is 14.7 Å². The molecule has 0 fully saturated rings. The maximum atomic E-state index is 12.5. The number of amides is 2. The van der Waals surface area contributed by atoms with Gasteiger partial charge in [0.25, 0.3) is 5.91 Å². The molecule has 0 saturated carbocycles. The van der Waals surface area contributed by atoms with Crippen LogP contribution < -0.4 is 5.32 Å².